The second kappa shape index (κ2) is 6.88. The molecule has 112 valence electrons. The molecule has 0 amide bonds. The predicted octanol–water partition coefficient (Wildman–Crippen LogP) is 2.28. The molecule has 0 radical (unpaired) electrons. The number of hydrogen-bond acceptors (Lipinski definition) is 5. The van der Waals surface area contributed by atoms with Gasteiger partial charge in [-0.25, -0.2) is 4.98 Å². The Kier molecular flexibility index (Phi) is 5.17. The molecule has 2 N–H and O–H groups in total. The maximum Gasteiger partial charge on any atom is 0.229 e. The zero-order valence-corrected chi connectivity index (χ0v) is 12.8. The van der Waals surface area contributed by atoms with E-state index >= 15 is 0 Å². The minimum atomic E-state index is 0.364. The van der Waals surface area contributed by atoms with Crippen molar-refractivity contribution in [2.75, 3.05) is 18.6 Å². The second-order valence-electron chi connectivity index (χ2n) is 5.61. The average molecular weight is 278 g/mol. The summed E-state index contributed by atoms with van der Waals surface area (Å²) >= 11 is 0. The van der Waals surface area contributed by atoms with Gasteiger partial charge in [0.2, 0.25) is 11.8 Å². The molecule has 0 unspecified atom stereocenters. The van der Waals surface area contributed by atoms with Gasteiger partial charge in [0.05, 0.1) is 7.11 Å². The number of anilines is 1. The first kappa shape index (κ1) is 15.0. The Hall–Kier alpha value is -1.36. The van der Waals surface area contributed by atoms with Crippen LogP contribution >= 0.6 is 0 Å². The maximum atomic E-state index is 6.01. The van der Waals surface area contributed by atoms with E-state index in [1.54, 1.807) is 7.11 Å². The second-order valence-corrected chi connectivity index (χ2v) is 5.61. The van der Waals surface area contributed by atoms with Crippen LogP contribution < -0.4 is 15.4 Å². The van der Waals surface area contributed by atoms with Gasteiger partial charge < -0.3 is 15.4 Å². The molecule has 5 heteroatoms. The van der Waals surface area contributed by atoms with Crippen molar-refractivity contribution in [2.45, 2.75) is 58.0 Å². The van der Waals surface area contributed by atoms with Gasteiger partial charge in [-0.05, 0) is 39.0 Å². The zero-order chi connectivity index (χ0) is 14.5. The summed E-state index contributed by atoms with van der Waals surface area (Å²) < 4.78 is 5.27. The van der Waals surface area contributed by atoms with Crippen LogP contribution in [0, 0.1) is 6.92 Å². The molecule has 0 atom stereocenters. The molecule has 1 aromatic rings. The van der Waals surface area contributed by atoms with Gasteiger partial charge in [-0.1, -0.05) is 6.92 Å². The van der Waals surface area contributed by atoms with Crippen molar-refractivity contribution in [3.63, 3.8) is 0 Å². The molecule has 0 aliphatic heterocycles. The molecule has 20 heavy (non-hydrogen) atoms. The van der Waals surface area contributed by atoms with E-state index in [2.05, 4.69) is 21.8 Å². The largest absolute Gasteiger partial charge is 0.481 e. The Bertz CT molecular complexity index is 430. The predicted molar refractivity (Wildman–Crippen MR) is 81.2 cm³/mol. The molecule has 1 fully saturated rings. The smallest absolute Gasteiger partial charge is 0.229 e. The Morgan fingerprint density at radius 2 is 2.00 bits per heavy atom. The van der Waals surface area contributed by atoms with Crippen molar-refractivity contribution in [3.05, 3.63) is 11.8 Å². The van der Waals surface area contributed by atoms with Crippen LogP contribution in [0.4, 0.5) is 5.95 Å². The van der Waals surface area contributed by atoms with E-state index in [4.69, 9.17) is 10.5 Å². The Labute approximate surface area is 121 Å². The lowest BCUT2D eigenvalue weighted by Crippen LogP contribution is -2.42. The highest BCUT2D eigenvalue weighted by Gasteiger charge is 2.26. The van der Waals surface area contributed by atoms with Gasteiger partial charge in [-0.2, -0.15) is 4.98 Å². The molecule has 0 spiro atoms. The first-order chi connectivity index (χ1) is 9.63. The molecule has 1 saturated carbocycles. The third kappa shape index (κ3) is 3.60. The number of rotatable bonds is 5. The summed E-state index contributed by atoms with van der Waals surface area (Å²) in [5.41, 5.74) is 6.95. The third-order valence-corrected chi connectivity index (χ3v) is 3.93. The first-order valence-corrected chi connectivity index (χ1v) is 7.56. The molecule has 1 aromatic heterocycles. The van der Waals surface area contributed by atoms with Crippen molar-refractivity contribution in [1.29, 1.82) is 0 Å². The fourth-order valence-electron chi connectivity index (χ4n) is 2.86. The minimum absolute atomic E-state index is 0.364. The van der Waals surface area contributed by atoms with E-state index in [0.717, 1.165) is 50.3 Å². The van der Waals surface area contributed by atoms with Gasteiger partial charge in [0, 0.05) is 30.4 Å². The zero-order valence-electron chi connectivity index (χ0n) is 12.8. The number of methoxy groups -OCH3 is 1. The van der Waals surface area contributed by atoms with Gasteiger partial charge >= 0.3 is 0 Å². The van der Waals surface area contributed by atoms with Crippen LogP contribution in [0.5, 0.6) is 5.88 Å². The van der Waals surface area contributed by atoms with Gasteiger partial charge in [0.25, 0.3) is 0 Å². The van der Waals surface area contributed by atoms with Crippen LogP contribution in [0.2, 0.25) is 0 Å². The minimum Gasteiger partial charge on any atom is -0.481 e. The monoisotopic (exact) mass is 278 g/mol. The number of aromatic nitrogens is 2. The standard InChI is InChI=1S/C15H26N4O/c1-4-9-19(13-7-5-12(16)6-8-13)15-17-11(2)10-14(18-15)20-3/h10,12-13H,4-9,16H2,1-3H3. The summed E-state index contributed by atoms with van der Waals surface area (Å²) in [6, 6.07) is 2.73. The lowest BCUT2D eigenvalue weighted by atomic mass is 9.91. The summed E-state index contributed by atoms with van der Waals surface area (Å²) in [5, 5.41) is 0. The highest BCUT2D eigenvalue weighted by atomic mass is 16.5. The molecule has 0 aromatic carbocycles. The Balaban J connectivity index is 2.21. The lowest BCUT2D eigenvalue weighted by molar-refractivity contribution is 0.368. The number of nitrogens with two attached hydrogens (primary N) is 1. The highest BCUT2D eigenvalue weighted by molar-refractivity contribution is 5.36. The topological polar surface area (TPSA) is 64.3 Å². The summed E-state index contributed by atoms with van der Waals surface area (Å²) in [5.74, 6) is 1.44. The van der Waals surface area contributed by atoms with E-state index < -0.39 is 0 Å². The Morgan fingerprint density at radius 1 is 1.30 bits per heavy atom. The number of nitrogens with zero attached hydrogens (tertiary/aromatic N) is 3. The summed E-state index contributed by atoms with van der Waals surface area (Å²) in [6.07, 6.45) is 5.52. The summed E-state index contributed by atoms with van der Waals surface area (Å²) in [6.45, 7) is 5.15. The quantitative estimate of drug-likeness (QED) is 0.895. The number of hydrogen-bond donors (Lipinski definition) is 1. The van der Waals surface area contributed by atoms with Crippen LogP contribution in [0.3, 0.4) is 0 Å². The molecule has 1 aliphatic carbocycles. The summed E-state index contributed by atoms with van der Waals surface area (Å²) in [4.78, 5) is 11.5. The Morgan fingerprint density at radius 3 is 2.60 bits per heavy atom. The van der Waals surface area contributed by atoms with Crippen molar-refractivity contribution in [3.8, 4) is 5.88 Å². The average Bonchev–Trinajstić information content (AvgIpc) is 2.45. The van der Waals surface area contributed by atoms with Crippen molar-refractivity contribution in [2.24, 2.45) is 5.73 Å². The molecule has 0 saturated heterocycles. The molecular formula is C15H26N4O. The third-order valence-electron chi connectivity index (χ3n) is 3.93. The molecular weight excluding hydrogens is 252 g/mol. The molecule has 1 heterocycles. The first-order valence-electron chi connectivity index (χ1n) is 7.56. The molecule has 2 rings (SSSR count). The van der Waals surface area contributed by atoms with Gasteiger partial charge in [0.15, 0.2) is 0 Å². The lowest BCUT2D eigenvalue weighted by Gasteiger charge is -2.36. The van der Waals surface area contributed by atoms with Gasteiger partial charge in [0.1, 0.15) is 0 Å². The fraction of sp³-hybridized carbons (Fsp3) is 0.733. The van der Waals surface area contributed by atoms with E-state index in [0.29, 0.717) is 18.0 Å². The van der Waals surface area contributed by atoms with E-state index in [1.807, 2.05) is 13.0 Å². The van der Waals surface area contributed by atoms with Gasteiger partial charge in [-0.3, -0.25) is 0 Å². The van der Waals surface area contributed by atoms with Crippen molar-refractivity contribution < 1.29 is 4.74 Å². The normalized spacial score (nSPS) is 22.6. The molecule has 1 aliphatic rings. The van der Waals surface area contributed by atoms with Gasteiger partial charge in [-0.15, -0.1) is 0 Å². The van der Waals surface area contributed by atoms with Crippen LogP contribution in [0.25, 0.3) is 0 Å². The highest BCUT2D eigenvalue weighted by Crippen LogP contribution is 2.26. The van der Waals surface area contributed by atoms with Crippen LogP contribution in [-0.4, -0.2) is 35.7 Å². The van der Waals surface area contributed by atoms with E-state index in [9.17, 15) is 0 Å². The number of ether oxygens (including phenoxy) is 1. The van der Waals surface area contributed by atoms with Crippen molar-refractivity contribution >= 4 is 5.95 Å². The van der Waals surface area contributed by atoms with E-state index in [1.165, 1.54) is 0 Å². The van der Waals surface area contributed by atoms with Crippen LogP contribution in [0.15, 0.2) is 6.07 Å². The number of aryl methyl sites for hydroxylation is 1. The maximum absolute atomic E-state index is 6.01. The van der Waals surface area contributed by atoms with Crippen molar-refractivity contribution in [1.82, 2.24) is 9.97 Å². The molecule has 5 nitrogen and oxygen atoms in total. The van der Waals surface area contributed by atoms with Crippen LogP contribution in [-0.2, 0) is 0 Å². The van der Waals surface area contributed by atoms with Crippen LogP contribution in [0.1, 0.15) is 44.7 Å². The van der Waals surface area contributed by atoms with E-state index in [-0.39, 0.29) is 0 Å². The molecule has 0 bridgehead atoms. The summed E-state index contributed by atoms with van der Waals surface area (Å²) in [7, 11) is 1.65. The SMILES string of the molecule is CCCN(c1nc(C)cc(OC)n1)C1CCC(N)CC1. The fourth-order valence-corrected chi connectivity index (χ4v) is 2.86.